The first-order chi connectivity index (χ1) is 6.31. The molecule has 1 aromatic carbocycles. The van der Waals surface area contributed by atoms with Gasteiger partial charge in [0.15, 0.2) is 0 Å². The second-order valence-corrected chi connectivity index (χ2v) is 3.17. The van der Waals surface area contributed by atoms with Crippen LogP contribution in [-0.4, -0.2) is 0 Å². The Labute approximate surface area is 77.7 Å². The molecule has 0 atom stereocenters. The molecule has 2 aromatic rings. The molecule has 13 heavy (non-hydrogen) atoms. The zero-order valence-electron chi connectivity index (χ0n) is 7.87. The molecule has 0 fully saturated rings. The molecule has 0 spiro atoms. The standard InChI is InChI=1S/C12H12O/c1-3-4-10-5-6-12-11(7-10)9(2)8-13-12/h3-8H,1-2H3. The van der Waals surface area contributed by atoms with Gasteiger partial charge in [0.1, 0.15) is 5.58 Å². The molecule has 0 saturated carbocycles. The van der Waals surface area contributed by atoms with Gasteiger partial charge in [-0.2, -0.15) is 0 Å². The summed E-state index contributed by atoms with van der Waals surface area (Å²) >= 11 is 0. The van der Waals surface area contributed by atoms with Crippen LogP contribution in [0.4, 0.5) is 0 Å². The van der Waals surface area contributed by atoms with E-state index in [0.29, 0.717) is 0 Å². The minimum absolute atomic E-state index is 0.964. The van der Waals surface area contributed by atoms with Crippen molar-refractivity contribution in [1.29, 1.82) is 0 Å². The molecule has 2 rings (SSSR count). The molecule has 0 amide bonds. The third-order valence-electron chi connectivity index (χ3n) is 2.15. The molecule has 0 saturated heterocycles. The van der Waals surface area contributed by atoms with E-state index in [-0.39, 0.29) is 0 Å². The molecule has 0 aliphatic rings. The summed E-state index contributed by atoms with van der Waals surface area (Å²) in [6.07, 6.45) is 5.92. The molecule has 0 aliphatic heterocycles. The van der Waals surface area contributed by atoms with E-state index in [4.69, 9.17) is 4.42 Å². The Kier molecular flexibility index (Phi) is 1.93. The summed E-state index contributed by atoms with van der Waals surface area (Å²) in [5, 5.41) is 1.20. The van der Waals surface area contributed by atoms with Gasteiger partial charge in [-0.15, -0.1) is 0 Å². The minimum Gasteiger partial charge on any atom is -0.464 e. The maximum absolute atomic E-state index is 5.36. The zero-order valence-corrected chi connectivity index (χ0v) is 7.87. The Morgan fingerprint density at radius 2 is 2.15 bits per heavy atom. The maximum atomic E-state index is 5.36. The molecule has 66 valence electrons. The van der Waals surface area contributed by atoms with Crippen LogP contribution in [0.3, 0.4) is 0 Å². The maximum Gasteiger partial charge on any atom is 0.134 e. The van der Waals surface area contributed by atoms with Crippen molar-refractivity contribution in [3.8, 4) is 0 Å². The van der Waals surface area contributed by atoms with Crippen LogP contribution in [0.25, 0.3) is 17.0 Å². The molecular formula is C12H12O. The molecule has 1 aromatic heterocycles. The smallest absolute Gasteiger partial charge is 0.134 e. The summed E-state index contributed by atoms with van der Waals surface area (Å²) in [4.78, 5) is 0. The first kappa shape index (κ1) is 8.11. The van der Waals surface area contributed by atoms with E-state index >= 15 is 0 Å². The van der Waals surface area contributed by atoms with E-state index in [1.54, 1.807) is 6.26 Å². The fourth-order valence-electron chi connectivity index (χ4n) is 1.47. The largest absolute Gasteiger partial charge is 0.464 e. The highest BCUT2D eigenvalue weighted by molar-refractivity contribution is 5.83. The molecular weight excluding hydrogens is 160 g/mol. The van der Waals surface area contributed by atoms with Gasteiger partial charge < -0.3 is 4.42 Å². The number of fused-ring (bicyclic) bond motifs is 1. The van der Waals surface area contributed by atoms with Gasteiger partial charge in [-0.25, -0.2) is 0 Å². The van der Waals surface area contributed by atoms with Crippen molar-refractivity contribution >= 4 is 17.0 Å². The SMILES string of the molecule is CC=Cc1ccc2occ(C)c2c1. The number of rotatable bonds is 1. The van der Waals surface area contributed by atoms with Gasteiger partial charge in [0.05, 0.1) is 6.26 Å². The highest BCUT2D eigenvalue weighted by Gasteiger charge is 2.00. The molecule has 0 bridgehead atoms. The Morgan fingerprint density at radius 1 is 1.31 bits per heavy atom. The number of aryl methyl sites for hydroxylation is 1. The van der Waals surface area contributed by atoms with Crippen molar-refractivity contribution in [2.24, 2.45) is 0 Å². The van der Waals surface area contributed by atoms with Crippen LogP contribution in [0.5, 0.6) is 0 Å². The topological polar surface area (TPSA) is 13.1 Å². The van der Waals surface area contributed by atoms with E-state index < -0.39 is 0 Å². The van der Waals surface area contributed by atoms with Crippen LogP contribution in [0, 0.1) is 6.92 Å². The lowest BCUT2D eigenvalue weighted by atomic mass is 10.1. The van der Waals surface area contributed by atoms with Gasteiger partial charge in [0.2, 0.25) is 0 Å². The first-order valence-electron chi connectivity index (χ1n) is 4.42. The van der Waals surface area contributed by atoms with Gasteiger partial charge in [0, 0.05) is 5.39 Å². The van der Waals surface area contributed by atoms with Gasteiger partial charge in [-0.1, -0.05) is 18.2 Å². The second-order valence-electron chi connectivity index (χ2n) is 3.17. The third-order valence-corrected chi connectivity index (χ3v) is 2.15. The number of allylic oxidation sites excluding steroid dienone is 1. The van der Waals surface area contributed by atoms with Crippen LogP contribution in [0.1, 0.15) is 18.1 Å². The Morgan fingerprint density at radius 3 is 2.92 bits per heavy atom. The van der Waals surface area contributed by atoms with E-state index in [1.807, 2.05) is 19.1 Å². The highest BCUT2D eigenvalue weighted by Crippen LogP contribution is 2.22. The normalized spacial score (nSPS) is 11.5. The predicted molar refractivity (Wildman–Crippen MR) is 55.7 cm³/mol. The van der Waals surface area contributed by atoms with Crippen LogP contribution in [0.15, 0.2) is 35.0 Å². The third kappa shape index (κ3) is 1.37. The fraction of sp³-hybridized carbons (Fsp3) is 0.167. The summed E-state index contributed by atoms with van der Waals surface area (Å²) in [5.74, 6) is 0. The van der Waals surface area contributed by atoms with E-state index in [1.165, 1.54) is 16.5 Å². The molecule has 0 unspecified atom stereocenters. The number of benzene rings is 1. The Balaban J connectivity index is 2.65. The Hall–Kier alpha value is -1.50. The number of hydrogen-bond donors (Lipinski definition) is 0. The van der Waals surface area contributed by atoms with Gasteiger partial charge in [0.25, 0.3) is 0 Å². The van der Waals surface area contributed by atoms with Crippen molar-refractivity contribution < 1.29 is 4.42 Å². The minimum atomic E-state index is 0.964. The molecule has 1 nitrogen and oxygen atoms in total. The number of hydrogen-bond acceptors (Lipinski definition) is 1. The summed E-state index contributed by atoms with van der Waals surface area (Å²) in [6.45, 7) is 4.08. The van der Waals surface area contributed by atoms with Crippen molar-refractivity contribution in [2.75, 3.05) is 0 Å². The molecule has 0 N–H and O–H groups in total. The summed E-state index contributed by atoms with van der Waals surface area (Å²) in [6, 6.07) is 6.22. The van der Waals surface area contributed by atoms with Gasteiger partial charge in [-0.05, 0) is 37.1 Å². The molecule has 0 aliphatic carbocycles. The molecule has 1 heterocycles. The van der Waals surface area contributed by atoms with Crippen LogP contribution >= 0.6 is 0 Å². The summed E-state index contributed by atoms with van der Waals surface area (Å²) in [7, 11) is 0. The Bertz CT molecular complexity index is 449. The summed E-state index contributed by atoms with van der Waals surface area (Å²) in [5.41, 5.74) is 3.38. The van der Waals surface area contributed by atoms with E-state index in [2.05, 4.69) is 25.1 Å². The lowest BCUT2D eigenvalue weighted by molar-refractivity contribution is 0.613. The van der Waals surface area contributed by atoms with Crippen molar-refractivity contribution in [3.05, 3.63) is 41.7 Å². The summed E-state index contributed by atoms with van der Waals surface area (Å²) < 4.78 is 5.36. The van der Waals surface area contributed by atoms with Crippen LogP contribution < -0.4 is 0 Å². The van der Waals surface area contributed by atoms with Crippen LogP contribution in [-0.2, 0) is 0 Å². The monoisotopic (exact) mass is 172 g/mol. The average molecular weight is 172 g/mol. The average Bonchev–Trinajstić information content (AvgIpc) is 2.49. The lowest BCUT2D eigenvalue weighted by Gasteiger charge is -1.93. The quantitative estimate of drug-likeness (QED) is 0.638. The first-order valence-corrected chi connectivity index (χ1v) is 4.42. The predicted octanol–water partition coefficient (Wildman–Crippen LogP) is 3.77. The number of furan rings is 1. The highest BCUT2D eigenvalue weighted by atomic mass is 16.3. The van der Waals surface area contributed by atoms with Gasteiger partial charge in [-0.3, -0.25) is 0 Å². The van der Waals surface area contributed by atoms with Crippen molar-refractivity contribution in [1.82, 2.24) is 0 Å². The second kappa shape index (κ2) is 3.09. The molecule has 0 radical (unpaired) electrons. The van der Waals surface area contributed by atoms with Crippen LogP contribution in [0.2, 0.25) is 0 Å². The molecule has 1 heteroatoms. The zero-order chi connectivity index (χ0) is 9.26. The van der Waals surface area contributed by atoms with Gasteiger partial charge >= 0.3 is 0 Å². The van der Waals surface area contributed by atoms with E-state index in [9.17, 15) is 0 Å². The van der Waals surface area contributed by atoms with Crippen molar-refractivity contribution in [2.45, 2.75) is 13.8 Å². The van der Waals surface area contributed by atoms with E-state index in [0.717, 1.165) is 5.58 Å². The fourth-order valence-corrected chi connectivity index (χ4v) is 1.47. The van der Waals surface area contributed by atoms with Crippen molar-refractivity contribution in [3.63, 3.8) is 0 Å². The lowest BCUT2D eigenvalue weighted by Crippen LogP contribution is -1.72.